The van der Waals surface area contributed by atoms with E-state index < -0.39 is 18.2 Å². The summed E-state index contributed by atoms with van der Waals surface area (Å²) in [5.41, 5.74) is 4.18. The molecule has 6 rings (SSSR count). The molecule has 40 heavy (non-hydrogen) atoms. The van der Waals surface area contributed by atoms with Crippen LogP contribution < -0.4 is 21.3 Å². The Hall–Kier alpha value is -3.79. The standard InChI is InChI=1S/C31H33N5O3S/c37-28-26(34-20-7-2-1-3-8-20)27(29(28)38)35-21-9-6-10-22(17-21)36-31(39)30-25(14-16-40-30)33-18-19-13-15-32-24-12-5-4-11-23(19)24/h4-6,9-17,20,26-27,29,33-35,38H,1-3,7-8,18H2,(H,36,39). The number of Topliss-reactive ketones (excluding diaryl/α,β-unsaturated/α-hetero) is 1. The fourth-order valence-electron chi connectivity index (χ4n) is 5.66. The minimum atomic E-state index is -1.04. The summed E-state index contributed by atoms with van der Waals surface area (Å²) in [6, 6.07) is 18.8. The molecule has 0 aliphatic heterocycles. The van der Waals surface area contributed by atoms with Crippen molar-refractivity contribution < 1.29 is 14.7 Å². The normalized spacial score (nSPS) is 21.1. The van der Waals surface area contributed by atoms with Gasteiger partial charge in [-0.2, -0.15) is 0 Å². The first-order valence-electron chi connectivity index (χ1n) is 13.9. The summed E-state index contributed by atoms with van der Waals surface area (Å²) in [5, 5.41) is 26.5. The van der Waals surface area contributed by atoms with Gasteiger partial charge in [-0.05, 0) is 60.2 Å². The van der Waals surface area contributed by atoms with Gasteiger partial charge >= 0.3 is 0 Å². The number of pyridine rings is 1. The second kappa shape index (κ2) is 11.8. The van der Waals surface area contributed by atoms with E-state index in [0.717, 1.165) is 40.7 Å². The third-order valence-electron chi connectivity index (χ3n) is 7.85. The van der Waals surface area contributed by atoms with Gasteiger partial charge in [0.05, 0.1) is 23.3 Å². The smallest absolute Gasteiger partial charge is 0.267 e. The number of para-hydroxylation sites is 1. The van der Waals surface area contributed by atoms with Crippen LogP contribution in [0.3, 0.4) is 0 Å². The van der Waals surface area contributed by atoms with Crippen LogP contribution in [0.5, 0.6) is 0 Å². The highest BCUT2D eigenvalue weighted by Crippen LogP contribution is 2.28. The van der Waals surface area contributed by atoms with E-state index in [-0.39, 0.29) is 11.7 Å². The fraction of sp³-hybridized carbons (Fsp3) is 0.323. The molecule has 0 radical (unpaired) electrons. The van der Waals surface area contributed by atoms with E-state index in [4.69, 9.17) is 0 Å². The zero-order chi connectivity index (χ0) is 27.5. The Morgan fingerprint density at radius 3 is 2.70 bits per heavy atom. The van der Waals surface area contributed by atoms with Crippen molar-refractivity contribution in [3.05, 3.63) is 82.7 Å². The molecule has 2 aromatic heterocycles. The van der Waals surface area contributed by atoms with Crippen molar-refractivity contribution in [1.29, 1.82) is 0 Å². The SMILES string of the molecule is O=C(Nc1cccc(NC2C(O)C(=O)C2NC2CCCCC2)c1)c1sccc1NCc1ccnc2ccccc12. The van der Waals surface area contributed by atoms with E-state index in [2.05, 4.69) is 26.3 Å². The van der Waals surface area contributed by atoms with Crippen molar-refractivity contribution in [2.24, 2.45) is 0 Å². The van der Waals surface area contributed by atoms with Crippen LogP contribution >= 0.6 is 11.3 Å². The number of aliphatic hydroxyl groups excluding tert-OH is 1. The van der Waals surface area contributed by atoms with E-state index in [1.165, 1.54) is 30.6 Å². The first-order valence-corrected chi connectivity index (χ1v) is 14.7. The lowest BCUT2D eigenvalue weighted by Gasteiger charge is -2.43. The minimum absolute atomic E-state index is 0.162. The van der Waals surface area contributed by atoms with E-state index in [9.17, 15) is 14.7 Å². The number of fused-ring (bicyclic) bond motifs is 1. The molecule has 2 fully saturated rings. The number of aromatic nitrogens is 1. The number of benzene rings is 2. The fourth-order valence-corrected chi connectivity index (χ4v) is 6.43. The Kier molecular flexibility index (Phi) is 7.77. The van der Waals surface area contributed by atoms with Crippen molar-refractivity contribution in [2.45, 2.75) is 62.9 Å². The van der Waals surface area contributed by atoms with Crippen LogP contribution in [-0.4, -0.2) is 46.0 Å². The van der Waals surface area contributed by atoms with Gasteiger partial charge in [0.2, 0.25) is 0 Å². The number of aliphatic hydroxyl groups is 1. The van der Waals surface area contributed by atoms with Crippen molar-refractivity contribution in [3.8, 4) is 0 Å². The molecule has 0 saturated heterocycles. The first-order chi connectivity index (χ1) is 19.6. The monoisotopic (exact) mass is 555 g/mol. The Bertz CT molecular complexity index is 1510. The third kappa shape index (κ3) is 5.58. The van der Waals surface area contributed by atoms with E-state index >= 15 is 0 Å². The van der Waals surface area contributed by atoms with Crippen LogP contribution in [-0.2, 0) is 11.3 Å². The lowest BCUT2D eigenvalue weighted by molar-refractivity contribution is -0.141. The van der Waals surface area contributed by atoms with Gasteiger partial charge < -0.3 is 26.4 Å². The average molecular weight is 556 g/mol. The second-order valence-corrected chi connectivity index (χ2v) is 11.5. The highest BCUT2D eigenvalue weighted by molar-refractivity contribution is 7.12. The van der Waals surface area contributed by atoms with Gasteiger partial charge in [0.1, 0.15) is 11.0 Å². The molecule has 2 aliphatic rings. The summed E-state index contributed by atoms with van der Waals surface area (Å²) < 4.78 is 0. The van der Waals surface area contributed by atoms with Gasteiger partial charge in [0.15, 0.2) is 5.78 Å². The molecule has 2 heterocycles. The molecule has 9 heteroatoms. The number of hydrogen-bond acceptors (Lipinski definition) is 8. The number of amides is 1. The second-order valence-electron chi connectivity index (χ2n) is 10.5. The lowest BCUT2D eigenvalue weighted by atomic mass is 9.79. The van der Waals surface area contributed by atoms with Gasteiger partial charge in [-0.1, -0.05) is 43.5 Å². The van der Waals surface area contributed by atoms with Crippen molar-refractivity contribution in [3.63, 3.8) is 0 Å². The van der Waals surface area contributed by atoms with Crippen LogP contribution in [0.25, 0.3) is 10.9 Å². The molecule has 0 bridgehead atoms. The zero-order valence-electron chi connectivity index (χ0n) is 22.1. The maximum atomic E-state index is 13.2. The molecule has 5 N–H and O–H groups in total. The molecule has 206 valence electrons. The zero-order valence-corrected chi connectivity index (χ0v) is 22.9. The van der Waals surface area contributed by atoms with Crippen molar-refractivity contribution >= 4 is 51.0 Å². The minimum Gasteiger partial charge on any atom is -0.383 e. The number of thiophene rings is 1. The summed E-state index contributed by atoms with van der Waals surface area (Å²) in [7, 11) is 0. The number of anilines is 3. The number of carbonyl (C=O) groups excluding carboxylic acids is 2. The summed E-state index contributed by atoms with van der Waals surface area (Å²) in [4.78, 5) is 30.6. The van der Waals surface area contributed by atoms with Gasteiger partial charge in [-0.25, -0.2) is 0 Å². The van der Waals surface area contributed by atoms with Gasteiger partial charge in [0.25, 0.3) is 5.91 Å². The molecule has 3 atom stereocenters. The number of rotatable bonds is 9. The lowest BCUT2D eigenvalue weighted by Crippen LogP contribution is -2.70. The predicted molar refractivity (Wildman–Crippen MR) is 160 cm³/mol. The number of nitrogens with one attached hydrogen (secondary N) is 4. The number of nitrogens with zero attached hydrogens (tertiary/aromatic N) is 1. The molecule has 2 aliphatic carbocycles. The maximum Gasteiger partial charge on any atom is 0.267 e. The molecule has 3 unspecified atom stereocenters. The van der Waals surface area contributed by atoms with Crippen LogP contribution in [0.1, 0.15) is 47.3 Å². The first kappa shape index (κ1) is 26.4. The average Bonchev–Trinajstić information content (AvgIpc) is 3.47. The Morgan fingerprint density at radius 2 is 1.82 bits per heavy atom. The van der Waals surface area contributed by atoms with Crippen molar-refractivity contribution in [2.75, 3.05) is 16.0 Å². The van der Waals surface area contributed by atoms with Gasteiger partial charge in [-0.15, -0.1) is 11.3 Å². The topological polar surface area (TPSA) is 115 Å². The Morgan fingerprint density at radius 1 is 1.00 bits per heavy atom. The summed E-state index contributed by atoms with van der Waals surface area (Å²) in [6.07, 6.45) is 6.46. The number of carbonyl (C=O) groups is 2. The third-order valence-corrected chi connectivity index (χ3v) is 8.76. The van der Waals surface area contributed by atoms with E-state index in [0.29, 0.717) is 23.2 Å². The summed E-state index contributed by atoms with van der Waals surface area (Å²) in [6.45, 7) is 0.567. The van der Waals surface area contributed by atoms with Crippen LogP contribution in [0, 0.1) is 0 Å². The molecule has 2 aromatic carbocycles. The molecule has 4 aromatic rings. The van der Waals surface area contributed by atoms with Crippen LogP contribution in [0.15, 0.2) is 72.2 Å². The van der Waals surface area contributed by atoms with E-state index in [1.54, 1.807) is 6.20 Å². The molecule has 1 amide bonds. The number of hydrogen-bond donors (Lipinski definition) is 5. The maximum absolute atomic E-state index is 13.2. The quantitative estimate of drug-likeness (QED) is 0.193. The predicted octanol–water partition coefficient (Wildman–Crippen LogP) is 5.18. The van der Waals surface area contributed by atoms with Gasteiger partial charge in [0, 0.05) is 35.5 Å². The van der Waals surface area contributed by atoms with Crippen LogP contribution in [0.2, 0.25) is 0 Å². The largest absolute Gasteiger partial charge is 0.383 e. The van der Waals surface area contributed by atoms with Gasteiger partial charge in [-0.3, -0.25) is 14.6 Å². The summed E-state index contributed by atoms with van der Waals surface area (Å²) >= 11 is 1.38. The molecule has 2 saturated carbocycles. The molecular formula is C31H33N5O3S. The van der Waals surface area contributed by atoms with E-state index in [1.807, 2.05) is 66.0 Å². The Balaban J connectivity index is 1.09. The molecule has 8 nitrogen and oxygen atoms in total. The highest BCUT2D eigenvalue weighted by Gasteiger charge is 2.49. The number of ketones is 1. The molecular weight excluding hydrogens is 522 g/mol. The van der Waals surface area contributed by atoms with Crippen LogP contribution in [0.4, 0.5) is 17.1 Å². The Labute approximate surface area is 237 Å². The summed E-state index contributed by atoms with van der Waals surface area (Å²) in [5.74, 6) is -0.366. The highest BCUT2D eigenvalue weighted by atomic mass is 32.1. The van der Waals surface area contributed by atoms with Crippen molar-refractivity contribution in [1.82, 2.24) is 10.3 Å². The molecule has 0 spiro atoms.